The van der Waals surface area contributed by atoms with E-state index in [-0.39, 0.29) is 5.25 Å². The summed E-state index contributed by atoms with van der Waals surface area (Å²) in [5, 5.41) is 18.0. The third-order valence-corrected chi connectivity index (χ3v) is 4.57. The van der Waals surface area contributed by atoms with Crippen LogP contribution >= 0.6 is 23.4 Å². The smallest absolute Gasteiger partial charge is 0.197 e. The van der Waals surface area contributed by atoms with E-state index in [2.05, 4.69) is 16.3 Å². The number of para-hydroxylation sites is 1. The molecule has 0 saturated heterocycles. The van der Waals surface area contributed by atoms with Gasteiger partial charge < -0.3 is 0 Å². The van der Waals surface area contributed by atoms with Crippen molar-refractivity contribution in [3.63, 3.8) is 0 Å². The quantitative estimate of drug-likeness (QED) is 0.632. The summed E-state index contributed by atoms with van der Waals surface area (Å²) in [6, 6.07) is 15.7. The first-order valence-electron chi connectivity index (χ1n) is 7.13. The summed E-state index contributed by atoms with van der Waals surface area (Å²) in [4.78, 5) is 0. The fourth-order valence-corrected chi connectivity index (χ4v) is 3.17. The summed E-state index contributed by atoms with van der Waals surface area (Å²) in [5.41, 5.74) is 0.955. The predicted molar refractivity (Wildman–Crippen MR) is 92.7 cm³/mol. The molecule has 24 heavy (non-hydrogen) atoms. The highest BCUT2D eigenvalue weighted by Gasteiger charge is 2.21. The van der Waals surface area contributed by atoms with Crippen LogP contribution in [0.2, 0.25) is 5.02 Å². The molecule has 0 aliphatic heterocycles. The van der Waals surface area contributed by atoms with Gasteiger partial charge in [-0.1, -0.05) is 47.6 Å². The molecule has 0 amide bonds. The minimum atomic E-state index is -0.405. The van der Waals surface area contributed by atoms with Gasteiger partial charge in [0.1, 0.15) is 5.82 Å². The van der Waals surface area contributed by atoms with Crippen molar-refractivity contribution in [2.24, 2.45) is 0 Å². The van der Waals surface area contributed by atoms with E-state index < -0.39 is 5.82 Å². The second kappa shape index (κ2) is 7.04. The van der Waals surface area contributed by atoms with Crippen molar-refractivity contribution >= 4 is 23.4 Å². The number of hydrogen-bond donors (Lipinski definition) is 0. The van der Waals surface area contributed by atoms with E-state index in [1.165, 1.54) is 17.8 Å². The topological polar surface area (TPSA) is 54.5 Å². The Balaban J connectivity index is 2.23. The van der Waals surface area contributed by atoms with Gasteiger partial charge >= 0.3 is 0 Å². The minimum Gasteiger partial charge on any atom is -0.267 e. The Morgan fingerprint density at radius 3 is 2.58 bits per heavy atom. The van der Waals surface area contributed by atoms with Gasteiger partial charge in [0.15, 0.2) is 11.0 Å². The zero-order chi connectivity index (χ0) is 17.1. The molecule has 1 aromatic heterocycles. The summed E-state index contributed by atoms with van der Waals surface area (Å²) in [5.74, 6) is 0.0235. The number of thioether (sulfide) groups is 1. The van der Waals surface area contributed by atoms with E-state index in [9.17, 15) is 4.39 Å². The van der Waals surface area contributed by atoms with Gasteiger partial charge in [0.05, 0.1) is 22.0 Å². The second-order valence-corrected chi connectivity index (χ2v) is 6.68. The Bertz CT molecular complexity index is 919. The van der Waals surface area contributed by atoms with Gasteiger partial charge in [0.25, 0.3) is 0 Å². The Morgan fingerprint density at radius 1 is 1.17 bits per heavy atom. The molecule has 0 unspecified atom stereocenters. The molecule has 7 heteroatoms. The Hall–Kier alpha value is -2.36. The highest BCUT2D eigenvalue weighted by molar-refractivity contribution is 8.00. The van der Waals surface area contributed by atoms with Crippen LogP contribution in [0.5, 0.6) is 0 Å². The molecule has 0 N–H and O–H groups in total. The number of aromatic nitrogens is 3. The average molecular weight is 359 g/mol. The maximum absolute atomic E-state index is 14.4. The fourth-order valence-electron chi connectivity index (χ4n) is 2.20. The number of halogens is 2. The van der Waals surface area contributed by atoms with Crippen LogP contribution in [-0.2, 0) is 0 Å². The Labute approximate surface area is 147 Å². The van der Waals surface area contributed by atoms with Gasteiger partial charge in [-0.25, -0.2) is 4.39 Å². The molecule has 4 nitrogen and oxygen atoms in total. The lowest BCUT2D eigenvalue weighted by molar-refractivity contribution is 0.613. The molecular weight excluding hydrogens is 347 g/mol. The van der Waals surface area contributed by atoms with Crippen LogP contribution in [0.1, 0.15) is 6.92 Å². The molecule has 1 heterocycles. The summed E-state index contributed by atoms with van der Waals surface area (Å²) in [6.45, 7) is 1.75. The van der Waals surface area contributed by atoms with Gasteiger partial charge in [0.2, 0.25) is 0 Å². The highest BCUT2D eigenvalue weighted by atomic mass is 35.5. The number of hydrogen-bond acceptors (Lipinski definition) is 4. The van der Waals surface area contributed by atoms with Crippen molar-refractivity contribution < 1.29 is 4.39 Å². The molecule has 0 bridgehead atoms. The Kier molecular flexibility index (Phi) is 4.84. The second-order valence-electron chi connectivity index (χ2n) is 4.96. The molecule has 1 atom stereocenters. The largest absolute Gasteiger partial charge is 0.267 e. The van der Waals surface area contributed by atoms with Crippen LogP contribution in [0.3, 0.4) is 0 Å². The lowest BCUT2D eigenvalue weighted by Gasteiger charge is -2.12. The third kappa shape index (κ3) is 3.14. The van der Waals surface area contributed by atoms with Crippen molar-refractivity contribution in [2.45, 2.75) is 17.3 Å². The minimum absolute atomic E-state index is 0.310. The van der Waals surface area contributed by atoms with E-state index in [4.69, 9.17) is 16.9 Å². The molecular formula is C17H12ClFN4S. The molecule has 0 fully saturated rings. The van der Waals surface area contributed by atoms with E-state index in [0.717, 1.165) is 0 Å². The fraction of sp³-hybridized carbons (Fsp3) is 0.118. The van der Waals surface area contributed by atoms with Gasteiger partial charge in [0, 0.05) is 5.56 Å². The standard InChI is InChI=1S/C17H12ClFN4S/c1-11(10-20)24-17-22-21-16(12-6-2-3-7-13(12)18)23(17)15-9-5-4-8-14(15)19/h2-9,11H,1H3/t11-/m1/s1. The van der Waals surface area contributed by atoms with Gasteiger partial charge in [-0.15, -0.1) is 10.2 Å². The van der Waals surface area contributed by atoms with E-state index >= 15 is 0 Å². The maximum Gasteiger partial charge on any atom is 0.197 e. The number of nitriles is 1. The van der Waals surface area contributed by atoms with Gasteiger partial charge in [-0.05, 0) is 31.2 Å². The molecule has 3 aromatic rings. The molecule has 0 aliphatic rings. The first-order valence-corrected chi connectivity index (χ1v) is 8.39. The first kappa shape index (κ1) is 16.5. The van der Waals surface area contributed by atoms with Crippen LogP contribution in [0.4, 0.5) is 4.39 Å². The normalized spacial score (nSPS) is 11.9. The van der Waals surface area contributed by atoms with E-state index in [1.807, 2.05) is 12.1 Å². The molecule has 2 aromatic carbocycles. The van der Waals surface area contributed by atoms with Crippen LogP contribution in [0.25, 0.3) is 17.1 Å². The molecule has 3 rings (SSSR count). The van der Waals surface area contributed by atoms with Crippen molar-refractivity contribution in [1.29, 1.82) is 5.26 Å². The number of benzene rings is 2. The zero-order valence-corrected chi connectivity index (χ0v) is 14.2. The monoisotopic (exact) mass is 358 g/mol. The van der Waals surface area contributed by atoms with E-state index in [0.29, 0.717) is 27.3 Å². The molecule has 120 valence electrons. The van der Waals surface area contributed by atoms with Crippen molar-refractivity contribution in [2.75, 3.05) is 0 Å². The third-order valence-electron chi connectivity index (χ3n) is 3.31. The summed E-state index contributed by atoms with van der Waals surface area (Å²) < 4.78 is 16.0. The number of nitrogens with zero attached hydrogens (tertiary/aromatic N) is 4. The Morgan fingerprint density at radius 2 is 1.88 bits per heavy atom. The van der Waals surface area contributed by atoms with Gasteiger partial charge in [-0.3, -0.25) is 4.57 Å². The SMILES string of the molecule is C[C@H](C#N)Sc1nnc(-c2ccccc2Cl)n1-c1ccccc1F. The number of rotatable bonds is 4. The molecule has 0 aliphatic carbocycles. The van der Waals surface area contributed by atoms with Crippen LogP contribution in [0.15, 0.2) is 53.7 Å². The molecule has 0 radical (unpaired) electrons. The first-order chi connectivity index (χ1) is 11.6. The maximum atomic E-state index is 14.4. The highest BCUT2D eigenvalue weighted by Crippen LogP contribution is 2.33. The van der Waals surface area contributed by atoms with Crippen LogP contribution in [0, 0.1) is 17.1 Å². The zero-order valence-electron chi connectivity index (χ0n) is 12.6. The summed E-state index contributed by atoms with van der Waals surface area (Å²) >= 11 is 7.48. The van der Waals surface area contributed by atoms with Crippen molar-refractivity contribution in [3.8, 4) is 23.1 Å². The lowest BCUT2D eigenvalue weighted by atomic mass is 10.2. The van der Waals surface area contributed by atoms with Crippen LogP contribution in [-0.4, -0.2) is 20.0 Å². The van der Waals surface area contributed by atoms with Gasteiger partial charge in [-0.2, -0.15) is 5.26 Å². The molecule has 0 saturated carbocycles. The van der Waals surface area contributed by atoms with Crippen LogP contribution < -0.4 is 0 Å². The van der Waals surface area contributed by atoms with E-state index in [1.54, 1.807) is 41.8 Å². The molecule has 0 spiro atoms. The predicted octanol–water partition coefficient (Wildman–Crippen LogP) is 4.73. The summed E-state index contributed by atoms with van der Waals surface area (Å²) in [6.07, 6.45) is 0. The van der Waals surface area contributed by atoms with Crippen molar-refractivity contribution in [3.05, 3.63) is 59.4 Å². The average Bonchev–Trinajstić information content (AvgIpc) is 2.98. The lowest BCUT2D eigenvalue weighted by Crippen LogP contribution is -2.04. The summed E-state index contributed by atoms with van der Waals surface area (Å²) in [7, 11) is 0. The van der Waals surface area contributed by atoms with Crippen molar-refractivity contribution in [1.82, 2.24) is 14.8 Å².